The highest BCUT2D eigenvalue weighted by atomic mass is 32.2. The van der Waals surface area contributed by atoms with Crippen molar-refractivity contribution in [1.82, 2.24) is 4.31 Å². The fourth-order valence-corrected chi connectivity index (χ4v) is 2.55. The largest absolute Gasteiger partial charge is 0.399 e. The minimum atomic E-state index is 0.816. The molecule has 0 amide bonds. The Balaban J connectivity index is 2.52. The normalized spacial score (nSPS) is 10.9. The number of nitrogen functional groups attached to an aromatic ring is 1. The van der Waals surface area contributed by atoms with Gasteiger partial charge < -0.3 is 11.1 Å². The van der Waals surface area contributed by atoms with E-state index in [1.165, 1.54) is 36.3 Å². The monoisotopic (exact) mass is 267 g/mol. The van der Waals surface area contributed by atoms with Crippen molar-refractivity contribution >= 4 is 23.3 Å². The Hall–Kier alpha value is -0.870. The van der Waals surface area contributed by atoms with Gasteiger partial charge in [0.15, 0.2) is 0 Å². The van der Waals surface area contributed by atoms with Crippen molar-refractivity contribution in [3.63, 3.8) is 0 Å². The zero-order chi connectivity index (χ0) is 13.4. The van der Waals surface area contributed by atoms with Crippen LogP contribution >= 0.6 is 11.9 Å². The van der Waals surface area contributed by atoms with Crippen LogP contribution in [0.3, 0.4) is 0 Å². The number of hydrogen-bond acceptors (Lipinski definition) is 4. The van der Waals surface area contributed by atoms with E-state index < -0.39 is 0 Å². The molecule has 0 aliphatic heterocycles. The van der Waals surface area contributed by atoms with E-state index in [0.717, 1.165) is 12.2 Å². The lowest BCUT2D eigenvalue weighted by Gasteiger charge is -2.15. The summed E-state index contributed by atoms with van der Waals surface area (Å²) in [5.41, 5.74) is 7.83. The predicted molar refractivity (Wildman–Crippen MR) is 83.0 cm³/mol. The minimum absolute atomic E-state index is 0.816. The average Bonchev–Trinajstić information content (AvgIpc) is 2.30. The second-order valence-corrected chi connectivity index (χ2v) is 6.00. The number of rotatable bonds is 8. The zero-order valence-electron chi connectivity index (χ0n) is 11.7. The SMILES string of the molecule is CCCCCCNc1ccc(N)cc1SN(C)C. The number of nitrogens with one attached hydrogen (secondary N) is 1. The van der Waals surface area contributed by atoms with Crippen molar-refractivity contribution in [2.75, 3.05) is 31.7 Å². The highest BCUT2D eigenvalue weighted by Crippen LogP contribution is 2.30. The number of nitrogens with two attached hydrogens (primary N) is 1. The van der Waals surface area contributed by atoms with Gasteiger partial charge in [-0.3, -0.25) is 4.31 Å². The Kier molecular flexibility index (Phi) is 6.98. The molecular formula is C14H25N3S. The topological polar surface area (TPSA) is 41.3 Å². The van der Waals surface area contributed by atoms with Crippen molar-refractivity contribution in [1.29, 1.82) is 0 Å². The van der Waals surface area contributed by atoms with E-state index in [1.54, 1.807) is 11.9 Å². The summed E-state index contributed by atoms with van der Waals surface area (Å²) in [5.74, 6) is 0. The molecular weight excluding hydrogens is 242 g/mol. The van der Waals surface area contributed by atoms with Crippen molar-refractivity contribution in [3.05, 3.63) is 18.2 Å². The average molecular weight is 267 g/mol. The van der Waals surface area contributed by atoms with Crippen molar-refractivity contribution in [2.24, 2.45) is 0 Å². The van der Waals surface area contributed by atoms with Crippen molar-refractivity contribution in [3.8, 4) is 0 Å². The third-order valence-electron chi connectivity index (χ3n) is 2.63. The van der Waals surface area contributed by atoms with Gasteiger partial charge in [-0.15, -0.1) is 0 Å². The first-order chi connectivity index (χ1) is 8.63. The molecule has 3 nitrogen and oxygen atoms in total. The van der Waals surface area contributed by atoms with Gasteiger partial charge in [0.05, 0.1) is 0 Å². The molecule has 18 heavy (non-hydrogen) atoms. The molecule has 0 atom stereocenters. The van der Waals surface area contributed by atoms with Crippen LogP contribution < -0.4 is 11.1 Å². The number of anilines is 2. The van der Waals surface area contributed by atoms with E-state index >= 15 is 0 Å². The maximum atomic E-state index is 5.84. The summed E-state index contributed by atoms with van der Waals surface area (Å²) in [6, 6.07) is 6.05. The van der Waals surface area contributed by atoms with Gasteiger partial charge in [-0.2, -0.15) is 0 Å². The van der Waals surface area contributed by atoms with Gasteiger partial charge in [-0.05, 0) is 50.7 Å². The summed E-state index contributed by atoms with van der Waals surface area (Å²) >= 11 is 1.70. The van der Waals surface area contributed by atoms with Crippen molar-refractivity contribution < 1.29 is 0 Å². The van der Waals surface area contributed by atoms with E-state index in [9.17, 15) is 0 Å². The molecule has 0 aromatic heterocycles. The highest BCUT2D eigenvalue weighted by Gasteiger charge is 2.05. The second kappa shape index (κ2) is 8.27. The summed E-state index contributed by atoms with van der Waals surface area (Å²) < 4.78 is 2.08. The lowest BCUT2D eigenvalue weighted by molar-refractivity contribution is 0.684. The fraction of sp³-hybridized carbons (Fsp3) is 0.571. The lowest BCUT2D eigenvalue weighted by Crippen LogP contribution is -2.05. The summed E-state index contributed by atoms with van der Waals surface area (Å²) in [6.07, 6.45) is 5.13. The molecule has 0 radical (unpaired) electrons. The van der Waals surface area contributed by atoms with Crippen LogP contribution in [0, 0.1) is 0 Å². The Morgan fingerprint density at radius 3 is 2.67 bits per heavy atom. The number of benzene rings is 1. The van der Waals surface area contributed by atoms with Gasteiger partial charge in [-0.25, -0.2) is 0 Å². The van der Waals surface area contributed by atoms with Crippen LogP contribution in [0.5, 0.6) is 0 Å². The Morgan fingerprint density at radius 1 is 1.22 bits per heavy atom. The number of nitrogens with zero attached hydrogens (tertiary/aromatic N) is 1. The van der Waals surface area contributed by atoms with E-state index in [0.29, 0.717) is 0 Å². The first-order valence-electron chi connectivity index (χ1n) is 6.62. The van der Waals surface area contributed by atoms with Gasteiger partial charge in [0.1, 0.15) is 0 Å². The molecule has 102 valence electrons. The Bertz CT molecular complexity index is 353. The molecule has 0 bridgehead atoms. The van der Waals surface area contributed by atoms with Crippen LogP contribution in [-0.4, -0.2) is 24.9 Å². The number of hydrogen-bond donors (Lipinski definition) is 2. The smallest absolute Gasteiger partial charge is 0.0493 e. The van der Waals surface area contributed by atoms with E-state index in [1.807, 2.05) is 26.2 Å². The predicted octanol–water partition coefficient (Wildman–Crippen LogP) is 3.83. The second-order valence-electron chi connectivity index (χ2n) is 4.65. The Morgan fingerprint density at radius 2 is 2.00 bits per heavy atom. The standard InChI is InChI=1S/C14H25N3S/c1-4-5-6-7-10-16-13-9-8-12(15)11-14(13)18-17(2)3/h8-9,11,16H,4-7,10,15H2,1-3H3. The van der Waals surface area contributed by atoms with E-state index in [4.69, 9.17) is 5.73 Å². The van der Waals surface area contributed by atoms with Crippen LogP contribution in [0.4, 0.5) is 11.4 Å². The summed E-state index contributed by atoms with van der Waals surface area (Å²) in [5, 5.41) is 3.50. The van der Waals surface area contributed by atoms with Gasteiger partial charge in [0, 0.05) is 22.8 Å². The summed E-state index contributed by atoms with van der Waals surface area (Å²) in [7, 11) is 4.08. The maximum Gasteiger partial charge on any atom is 0.0493 e. The lowest BCUT2D eigenvalue weighted by atomic mass is 10.2. The fourth-order valence-electron chi connectivity index (χ4n) is 1.73. The molecule has 0 unspecified atom stereocenters. The van der Waals surface area contributed by atoms with Crippen molar-refractivity contribution in [2.45, 2.75) is 37.5 Å². The third kappa shape index (κ3) is 5.65. The maximum absolute atomic E-state index is 5.84. The molecule has 0 heterocycles. The molecule has 1 aromatic rings. The molecule has 0 saturated heterocycles. The Labute approximate surface area is 115 Å². The third-order valence-corrected chi connectivity index (χ3v) is 3.53. The molecule has 1 rings (SSSR count). The molecule has 4 heteroatoms. The number of unbranched alkanes of at least 4 members (excludes halogenated alkanes) is 3. The van der Waals surface area contributed by atoms with E-state index in [2.05, 4.69) is 22.6 Å². The molecule has 0 aliphatic carbocycles. The van der Waals surface area contributed by atoms with Gasteiger partial charge in [-0.1, -0.05) is 26.2 Å². The molecule has 3 N–H and O–H groups in total. The van der Waals surface area contributed by atoms with Crippen LogP contribution in [-0.2, 0) is 0 Å². The molecule has 1 aromatic carbocycles. The van der Waals surface area contributed by atoms with Crippen LogP contribution in [0.1, 0.15) is 32.6 Å². The van der Waals surface area contributed by atoms with Gasteiger partial charge >= 0.3 is 0 Å². The minimum Gasteiger partial charge on any atom is -0.399 e. The quantitative estimate of drug-likeness (QED) is 0.427. The van der Waals surface area contributed by atoms with Crippen LogP contribution in [0.2, 0.25) is 0 Å². The van der Waals surface area contributed by atoms with Crippen LogP contribution in [0.15, 0.2) is 23.1 Å². The van der Waals surface area contributed by atoms with E-state index in [-0.39, 0.29) is 0 Å². The van der Waals surface area contributed by atoms with Gasteiger partial charge in [0.25, 0.3) is 0 Å². The van der Waals surface area contributed by atoms with Crippen LogP contribution in [0.25, 0.3) is 0 Å². The first-order valence-corrected chi connectivity index (χ1v) is 7.39. The van der Waals surface area contributed by atoms with Gasteiger partial charge in [0.2, 0.25) is 0 Å². The zero-order valence-corrected chi connectivity index (χ0v) is 12.5. The molecule has 0 fully saturated rings. The summed E-state index contributed by atoms with van der Waals surface area (Å²) in [6.45, 7) is 3.27. The first kappa shape index (κ1) is 15.2. The summed E-state index contributed by atoms with van der Waals surface area (Å²) in [4.78, 5) is 1.19. The molecule has 0 saturated carbocycles. The molecule has 0 spiro atoms. The highest BCUT2D eigenvalue weighted by molar-refractivity contribution is 7.97. The molecule has 0 aliphatic rings.